The van der Waals surface area contributed by atoms with Gasteiger partial charge < -0.3 is 10.2 Å². The van der Waals surface area contributed by atoms with E-state index in [-0.39, 0.29) is 5.82 Å². The molecule has 0 saturated carbocycles. The van der Waals surface area contributed by atoms with Gasteiger partial charge in [-0.1, -0.05) is 127 Å². The first-order valence-corrected chi connectivity index (χ1v) is 19.7. The third-order valence-corrected chi connectivity index (χ3v) is 12.5. The average molecular weight is 761 g/mol. The number of benzene rings is 8. The second kappa shape index (κ2) is 13.5. The molecule has 0 spiro atoms. The van der Waals surface area contributed by atoms with Crippen molar-refractivity contribution in [3.8, 4) is 39.1 Å². The summed E-state index contributed by atoms with van der Waals surface area (Å²) in [4.78, 5) is 4.70. The average Bonchev–Trinajstić information content (AvgIpc) is 3.77. The number of nitrogens with zero attached hydrogens (tertiary/aromatic N) is 2. The maximum absolute atomic E-state index is 11.6. The van der Waals surface area contributed by atoms with Crippen LogP contribution in [0.5, 0.6) is 0 Å². The topological polar surface area (TPSA) is 58.3 Å². The second-order valence-electron chi connectivity index (χ2n) is 16.3. The fourth-order valence-electron chi connectivity index (χ4n) is 9.82. The van der Waals surface area contributed by atoms with Crippen LogP contribution in [-0.4, -0.2) is 95.8 Å². The summed E-state index contributed by atoms with van der Waals surface area (Å²) in [6, 6.07) is 49.3. The van der Waals surface area contributed by atoms with Crippen LogP contribution in [0.3, 0.4) is 0 Å². The predicted octanol–water partition coefficient (Wildman–Crippen LogP) is 6.54. The Bertz CT molecular complexity index is 3200. The second-order valence-corrected chi connectivity index (χ2v) is 16.3. The van der Waals surface area contributed by atoms with E-state index in [0.717, 1.165) is 65.7 Å². The number of hydrogen-bond donors (Lipinski definition) is 2. The minimum absolute atomic E-state index is 0.0142. The van der Waals surface area contributed by atoms with E-state index in [4.69, 9.17) is 75.6 Å². The van der Waals surface area contributed by atoms with Gasteiger partial charge in [0, 0.05) is 10.8 Å². The van der Waals surface area contributed by atoms with Gasteiger partial charge in [-0.15, -0.1) is 10.2 Å². The Kier molecular flexibility index (Phi) is 8.78. The highest BCUT2D eigenvalue weighted by atomic mass is 16.3. The van der Waals surface area contributed by atoms with Gasteiger partial charge in [0.1, 0.15) is 29.4 Å². The van der Waals surface area contributed by atoms with Crippen molar-refractivity contribution in [2.24, 2.45) is 0 Å². The normalized spacial score (nSPS) is 16.5. The first kappa shape index (κ1) is 39.6. The van der Waals surface area contributed by atoms with Gasteiger partial charge >= 0.3 is 0 Å². The van der Waals surface area contributed by atoms with Crippen molar-refractivity contribution in [1.29, 1.82) is 0 Å². The first-order chi connectivity index (χ1) is 29.0. The molecule has 0 saturated heterocycles. The van der Waals surface area contributed by atoms with E-state index in [1.54, 1.807) is 10.6 Å². The molecule has 1 heterocycles. The third kappa shape index (κ3) is 5.55. The van der Waals surface area contributed by atoms with Crippen molar-refractivity contribution in [2.75, 3.05) is 0 Å². The summed E-state index contributed by atoms with van der Waals surface area (Å²) in [5.41, 5.74) is 3.96. The van der Waals surface area contributed by atoms with Crippen LogP contribution in [0.4, 0.5) is 0 Å². The molecule has 268 valence electrons. The smallest absolute Gasteiger partial charge is 0.135 e. The summed E-state index contributed by atoms with van der Waals surface area (Å²) >= 11 is 0. The molecule has 13 heteroatoms. The van der Waals surface area contributed by atoms with E-state index in [2.05, 4.69) is 36.4 Å². The van der Waals surface area contributed by atoms with Gasteiger partial charge in [0.15, 0.2) is 0 Å². The number of rotatable bonds is 7. The zero-order valence-corrected chi connectivity index (χ0v) is 32.9. The van der Waals surface area contributed by atoms with Gasteiger partial charge in [-0.25, -0.2) is 4.98 Å². The maximum atomic E-state index is 11.6. The molecule has 10 rings (SSSR count). The molecule has 1 aliphatic carbocycles. The SMILES string of the molecule is [B]C([B])([B])C([B])(O)c1nc2ccccc2n1-c1ccc(-c2c3ccccc3c(-c3ccc4c(c3)C(C([B])([B])[B])(C([B])([B])O)c3ccccc3-4)c3ccccc23)c2ccccc12. The number of aromatic nitrogens is 2. The molecular weight excluding hydrogens is 734 g/mol. The van der Waals surface area contributed by atoms with Gasteiger partial charge in [-0.3, -0.25) is 4.57 Å². The highest BCUT2D eigenvalue weighted by Crippen LogP contribution is 2.61. The summed E-state index contributed by atoms with van der Waals surface area (Å²) in [5, 5.41) is 22.1. The fourth-order valence-corrected chi connectivity index (χ4v) is 9.82. The molecule has 2 unspecified atom stereocenters. The van der Waals surface area contributed by atoms with E-state index >= 15 is 0 Å². The first-order valence-electron chi connectivity index (χ1n) is 19.7. The van der Waals surface area contributed by atoms with Gasteiger partial charge in [-0.2, -0.15) is 0 Å². The van der Waals surface area contributed by atoms with Crippen molar-refractivity contribution in [2.45, 2.75) is 26.5 Å². The van der Waals surface area contributed by atoms with E-state index in [1.807, 2.05) is 109 Å². The van der Waals surface area contributed by atoms with Crippen molar-refractivity contribution in [3.05, 3.63) is 169 Å². The molecule has 1 aliphatic rings. The van der Waals surface area contributed by atoms with E-state index in [0.29, 0.717) is 27.8 Å². The molecule has 0 bridgehead atoms. The zero-order chi connectivity index (χ0) is 42.9. The molecule has 1 aromatic heterocycles. The highest BCUT2D eigenvalue weighted by molar-refractivity contribution is 6.62. The van der Waals surface area contributed by atoms with E-state index in [1.165, 1.54) is 0 Å². The van der Waals surface area contributed by atoms with Gasteiger partial charge in [0.25, 0.3) is 0 Å². The van der Waals surface area contributed by atoms with Crippen LogP contribution in [0, 0.1) is 0 Å². The predicted molar refractivity (Wildman–Crippen MR) is 257 cm³/mol. The van der Waals surface area contributed by atoms with Gasteiger partial charge in [0.05, 0.1) is 69.3 Å². The lowest BCUT2D eigenvalue weighted by Gasteiger charge is -2.54. The molecule has 4 nitrogen and oxygen atoms in total. The molecule has 0 fully saturated rings. The van der Waals surface area contributed by atoms with Crippen molar-refractivity contribution < 1.29 is 10.2 Å². The Morgan fingerprint density at radius 1 is 0.475 bits per heavy atom. The van der Waals surface area contributed by atoms with Crippen LogP contribution < -0.4 is 0 Å². The van der Waals surface area contributed by atoms with Crippen molar-refractivity contribution in [3.63, 3.8) is 0 Å². The molecule has 2 atom stereocenters. The monoisotopic (exact) mass is 762 g/mol. The van der Waals surface area contributed by atoms with Gasteiger partial charge in [0.2, 0.25) is 0 Å². The maximum Gasteiger partial charge on any atom is 0.135 e. The standard InChI is InChI=1S/C48H27B9N2O2/c49-45(60,47(53,54)55)43-58-38-19-9-10-20-40(38)59(43)39-24-23-35(27-11-1-2-13-30(27)39)42-33-16-5-3-14-31(33)41(32-15-4-6-17-34(32)42)26-21-22-29-28-12-7-8-18-36(28)44(37(29)25-26,46(50,51)52)48(56,57)61/h1-25,60-61H. The largest absolute Gasteiger partial charge is 0.408 e. The molecule has 18 radical (unpaired) electrons. The van der Waals surface area contributed by atoms with Gasteiger partial charge in [-0.05, 0) is 101 Å². The molecule has 2 N–H and O–H groups in total. The highest BCUT2D eigenvalue weighted by Gasteiger charge is 2.57. The van der Waals surface area contributed by atoms with E-state index in [9.17, 15) is 10.2 Å². The molecule has 61 heavy (non-hydrogen) atoms. The summed E-state index contributed by atoms with van der Waals surface area (Å²) in [6.07, 6.45) is 0. The number of para-hydroxylation sites is 2. The minimum atomic E-state index is -2.46. The van der Waals surface area contributed by atoms with Crippen LogP contribution in [0.2, 0.25) is 10.2 Å². The summed E-state index contributed by atoms with van der Waals surface area (Å²) in [7, 11) is 57.4. The number of aliphatic hydroxyl groups is 2. The summed E-state index contributed by atoms with van der Waals surface area (Å²) in [5.74, 6) is -0.0142. The minimum Gasteiger partial charge on any atom is -0.408 e. The molecule has 8 aromatic carbocycles. The summed E-state index contributed by atoms with van der Waals surface area (Å²) in [6.45, 7) is 0. The lowest BCUT2D eigenvalue weighted by atomic mass is 9.24. The lowest BCUT2D eigenvalue weighted by Crippen LogP contribution is -2.60. The molecule has 9 aromatic rings. The third-order valence-electron chi connectivity index (χ3n) is 12.5. The Labute approximate surface area is 366 Å². The Morgan fingerprint density at radius 2 is 0.984 bits per heavy atom. The van der Waals surface area contributed by atoms with E-state index < -0.39 is 26.5 Å². The Morgan fingerprint density at radius 3 is 1.59 bits per heavy atom. The van der Waals surface area contributed by atoms with Crippen LogP contribution in [0.25, 0.3) is 82.4 Å². The Balaban J connectivity index is 1.25. The van der Waals surface area contributed by atoms with Crippen molar-refractivity contribution >= 4 is 114 Å². The fraction of sp³-hybridized carbons (Fsp3) is 0.104. The molecular formula is C48H27B9N2O2. The molecule has 0 amide bonds. The number of hydrogen-bond acceptors (Lipinski definition) is 3. The Hall–Kier alpha value is -5.49. The quantitative estimate of drug-likeness (QED) is 0.143. The van der Waals surface area contributed by atoms with Crippen LogP contribution >= 0.6 is 0 Å². The zero-order valence-electron chi connectivity index (χ0n) is 32.9. The lowest BCUT2D eigenvalue weighted by molar-refractivity contribution is 0.118. The van der Waals surface area contributed by atoms with Crippen LogP contribution in [-0.2, 0) is 10.9 Å². The van der Waals surface area contributed by atoms with Crippen molar-refractivity contribution in [1.82, 2.24) is 9.55 Å². The summed E-state index contributed by atoms with van der Waals surface area (Å²) < 4.78 is 1.76. The number of imidazole rings is 1. The van der Waals surface area contributed by atoms with Crippen LogP contribution in [0.15, 0.2) is 152 Å². The number of fused-ring (bicyclic) bond motifs is 7. The molecule has 0 aliphatic heterocycles. The van der Waals surface area contributed by atoms with Crippen LogP contribution in [0.1, 0.15) is 17.0 Å².